The van der Waals surface area contributed by atoms with E-state index in [0.29, 0.717) is 23.5 Å². The summed E-state index contributed by atoms with van der Waals surface area (Å²) in [7, 11) is 0. The van der Waals surface area contributed by atoms with E-state index in [4.69, 9.17) is 16.3 Å². The van der Waals surface area contributed by atoms with Crippen LogP contribution in [0.4, 0.5) is 15.8 Å². The van der Waals surface area contributed by atoms with Crippen LogP contribution in [-0.4, -0.2) is 18.4 Å². The summed E-state index contributed by atoms with van der Waals surface area (Å²) in [5.41, 5.74) is 1.25. The van der Waals surface area contributed by atoms with E-state index in [1.165, 1.54) is 17.0 Å². The first-order valence-electron chi connectivity index (χ1n) is 8.29. The predicted octanol–water partition coefficient (Wildman–Crippen LogP) is 4.14. The lowest BCUT2D eigenvalue weighted by atomic mass is 10.1. The quantitative estimate of drug-likeness (QED) is 0.853. The van der Waals surface area contributed by atoms with Crippen LogP contribution in [0.25, 0.3) is 0 Å². The zero-order chi connectivity index (χ0) is 18.7. The normalized spacial score (nSPS) is 13.2. The van der Waals surface area contributed by atoms with Gasteiger partial charge in [0.2, 0.25) is 5.91 Å². The van der Waals surface area contributed by atoms with Gasteiger partial charge in [-0.2, -0.15) is 0 Å². The molecule has 26 heavy (non-hydrogen) atoms. The van der Waals surface area contributed by atoms with Crippen molar-refractivity contribution in [1.82, 2.24) is 0 Å². The summed E-state index contributed by atoms with van der Waals surface area (Å²) in [6, 6.07) is 9.42. The summed E-state index contributed by atoms with van der Waals surface area (Å²) in [5, 5.41) is 3.03. The van der Waals surface area contributed by atoms with E-state index < -0.39 is 5.82 Å². The highest BCUT2D eigenvalue weighted by atomic mass is 35.5. The van der Waals surface area contributed by atoms with Gasteiger partial charge in [0.25, 0.3) is 5.91 Å². The zero-order valence-corrected chi connectivity index (χ0v) is 15.0. The number of fused-ring (bicyclic) bond motifs is 1. The molecule has 0 radical (unpaired) electrons. The Morgan fingerprint density at radius 1 is 1.35 bits per heavy atom. The van der Waals surface area contributed by atoms with Crippen LogP contribution in [0.5, 0.6) is 5.75 Å². The van der Waals surface area contributed by atoms with Crippen LogP contribution in [0.3, 0.4) is 0 Å². The van der Waals surface area contributed by atoms with Gasteiger partial charge in [-0.05, 0) is 36.8 Å². The second-order valence-electron chi connectivity index (χ2n) is 5.95. The number of hydrogen-bond acceptors (Lipinski definition) is 3. The third kappa shape index (κ3) is 3.80. The highest BCUT2D eigenvalue weighted by Gasteiger charge is 2.27. The summed E-state index contributed by atoms with van der Waals surface area (Å²) >= 11 is 6.09. The Morgan fingerprint density at radius 2 is 2.15 bits per heavy atom. The van der Waals surface area contributed by atoms with Crippen molar-refractivity contribution < 1.29 is 18.7 Å². The molecule has 1 aliphatic heterocycles. The number of carbonyl (C=O) groups is 2. The highest BCUT2D eigenvalue weighted by molar-refractivity contribution is 6.31. The number of nitrogens with one attached hydrogen (secondary N) is 1. The van der Waals surface area contributed by atoms with Gasteiger partial charge in [-0.15, -0.1) is 0 Å². The minimum absolute atomic E-state index is 0.0208. The molecule has 0 aliphatic carbocycles. The second kappa shape index (κ2) is 7.74. The maximum atomic E-state index is 14.1. The van der Waals surface area contributed by atoms with Crippen LogP contribution in [0.15, 0.2) is 36.4 Å². The van der Waals surface area contributed by atoms with Gasteiger partial charge in [0.15, 0.2) is 6.61 Å². The average Bonchev–Trinajstić information content (AvgIpc) is 2.60. The van der Waals surface area contributed by atoms with Crippen molar-refractivity contribution in [1.29, 1.82) is 0 Å². The van der Waals surface area contributed by atoms with E-state index in [-0.39, 0.29) is 35.6 Å². The first kappa shape index (κ1) is 18.2. The second-order valence-corrected chi connectivity index (χ2v) is 6.36. The lowest BCUT2D eigenvalue weighted by Crippen LogP contribution is -2.38. The van der Waals surface area contributed by atoms with Gasteiger partial charge >= 0.3 is 0 Å². The number of amides is 2. The largest absolute Gasteiger partial charge is 0.482 e. The number of ether oxygens (including phenoxy) is 1. The SMILES string of the molecule is CCCC(=O)Nc1ccc2c(c1)N(Cc1c(F)cccc1Cl)C(=O)CO2. The molecule has 2 amide bonds. The molecular formula is C19H18ClFN2O3. The molecule has 2 aromatic carbocycles. The monoisotopic (exact) mass is 376 g/mol. The highest BCUT2D eigenvalue weighted by Crippen LogP contribution is 2.36. The van der Waals surface area contributed by atoms with Crippen molar-refractivity contribution in [3.63, 3.8) is 0 Å². The Morgan fingerprint density at radius 3 is 2.88 bits per heavy atom. The summed E-state index contributed by atoms with van der Waals surface area (Å²) in [5.74, 6) is -0.413. The van der Waals surface area contributed by atoms with Crippen molar-refractivity contribution in [2.75, 3.05) is 16.8 Å². The van der Waals surface area contributed by atoms with Crippen molar-refractivity contribution in [2.45, 2.75) is 26.3 Å². The van der Waals surface area contributed by atoms with Crippen molar-refractivity contribution in [2.24, 2.45) is 0 Å². The first-order chi connectivity index (χ1) is 12.5. The Balaban J connectivity index is 1.93. The van der Waals surface area contributed by atoms with Gasteiger partial charge in [0, 0.05) is 22.7 Å². The molecule has 0 unspecified atom stereocenters. The number of hydrogen-bond donors (Lipinski definition) is 1. The van der Waals surface area contributed by atoms with Gasteiger partial charge < -0.3 is 15.0 Å². The lowest BCUT2D eigenvalue weighted by Gasteiger charge is -2.30. The molecule has 7 heteroatoms. The summed E-state index contributed by atoms with van der Waals surface area (Å²) in [6.07, 6.45) is 1.14. The Hall–Kier alpha value is -2.60. The number of benzene rings is 2. The molecule has 0 fully saturated rings. The van der Waals surface area contributed by atoms with Gasteiger partial charge in [-0.3, -0.25) is 9.59 Å². The molecule has 136 valence electrons. The molecule has 0 aromatic heterocycles. The number of halogens is 2. The maximum absolute atomic E-state index is 14.1. The molecule has 5 nitrogen and oxygen atoms in total. The molecule has 1 heterocycles. The molecule has 0 bridgehead atoms. The molecule has 1 aliphatic rings. The molecule has 3 rings (SSSR count). The van der Waals surface area contributed by atoms with E-state index in [2.05, 4.69) is 5.32 Å². The molecule has 0 atom stereocenters. The Bertz CT molecular complexity index is 836. The first-order valence-corrected chi connectivity index (χ1v) is 8.67. The maximum Gasteiger partial charge on any atom is 0.265 e. The van der Waals surface area contributed by atoms with Crippen molar-refractivity contribution in [3.05, 3.63) is 52.8 Å². The average molecular weight is 377 g/mol. The smallest absolute Gasteiger partial charge is 0.265 e. The van der Waals surface area contributed by atoms with Crippen LogP contribution in [0, 0.1) is 5.82 Å². The number of rotatable bonds is 5. The Labute approximate surface area is 155 Å². The third-order valence-corrected chi connectivity index (χ3v) is 4.39. The topological polar surface area (TPSA) is 58.6 Å². The molecule has 2 aromatic rings. The van der Waals surface area contributed by atoms with Crippen LogP contribution >= 0.6 is 11.6 Å². The lowest BCUT2D eigenvalue weighted by molar-refractivity contribution is -0.121. The fourth-order valence-electron chi connectivity index (χ4n) is 2.75. The van der Waals surface area contributed by atoms with Gasteiger partial charge in [-0.1, -0.05) is 24.6 Å². The van der Waals surface area contributed by atoms with E-state index in [9.17, 15) is 14.0 Å². The van der Waals surface area contributed by atoms with E-state index in [0.717, 1.165) is 6.42 Å². The van der Waals surface area contributed by atoms with E-state index in [1.807, 2.05) is 6.92 Å². The van der Waals surface area contributed by atoms with Gasteiger partial charge in [0.05, 0.1) is 12.2 Å². The van der Waals surface area contributed by atoms with Crippen LogP contribution in [0.1, 0.15) is 25.3 Å². The predicted molar refractivity (Wildman–Crippen MR) is 98.1 cm³/mol. The molecule has 0 spiro atoms. The molecule has 0 saturated heterocycles. The molecular weight excluding hydrogens is 359 g/mol. The molecule has 1 N–H and O–H groups in total. The van der Waals surface area contributed by atoms with Gasteiger partial charge in [0.1, 0.15) is 11.6 Å². The number of anilines is 2. The Kier molecular flexibility index (Phi) is 5.42. The standard InChI is InChI=1S/C19H18ClFN2O3/c1-2-4-18(24)22-12-7-8-17-16(9-12)23(19(25)11-26-17)10-13-14(20)5-3-6-15(13)21/h3,5-9H,2,4,10-11H2,1H3,(H,22,24). The van der Waals surface area contributed by atoms with E-state index >= 15 is 0 Å². The minimum atomic E-state index is -0.481. The minimum Gasteiger partial charge on any atom is -0.482 e. The van der Waals surface area contributed by atoms with Gasteiger partial charge in [-0.25, -0.2) is 4.39 Å². The van der Waals surface area contributed by atoms with Crippen molar-refractivity contribution in [3.8, 4) is 5.75 Å². The fraction of sp³-hybridized carbons (Fsp3) is 0.263. The summed E-state index contributed by atoms with van der Waals surface area (Å²) < 4.78 is 19.6. The third-order valence-electron chi connectivity index (χ3n) is 4.04. The summed E-state index contributed by atoms with van der Waals surface area (Å²) in [6.45, 7) is 1.76. The van der Waals surface area contributed by atoms with E-state index in [1.54, 1.807) is 24.3 Å². The number of carbonyl (C=O) groups excluding carboxylic acids is 2. The van der Waals surface area contributed by atoms with Crippen LogP contribution in [-0.2, 0) is 16.1 Å². The zero-order valence-electron chi connectivity index (χ0n) is 14.2. The molecule has 0 saturated carbocycles. The fourth-order valence-corrected chi connectivity index (χ4v) is 2.97. The van der Waals surface area contributed by atoms with Crippen molar-refractivity contribution >= 4 is 34.8 Å². The van der Waals surface area contributed by atoms with Crippen LogP contribution in [0.2, 0.25) is 5.02 Å². The number of nitrogens with zero attached hydrogens (tertiary/aromatic N) is 1. The van der Waals surface area contributed by atoms with Crippen LogP contribution < -0.4 is 15.0 Å². The summed E-state index contributed by atoms with van der Waals surface area (Å²) in [4.78, 5) is 25.6.